The minimum Gasteiger partial charge on any atom is -0.341 e. The predicted octanol–water partition coefficient (Wildman–Crippen LogP) is 1.53. The van der Waals surface area contributed by atoms with Gasteiger partial charge in [0.15, 0.2) is 11.2 Å². The molecule has 4 rings (SSSR count). The van der Waals surface area contributed by atoms with Gasteiger partial charge in [-0.05, 0) is 37.5 Å². The molecule has 33 heavy (non-hydrogen) atoms. The van der Waals surface area contributed by atoms with E-state index in [9.17, 15) is 14.9 Å². The molecule has 2 aromatic heterocycles. The lowest BCUT2D eigenvalue weighted by molar-refractivity contribution is 0.496. The Morgan fingerprint density at radius 1 is 1.30 bits per heavy atom. The first-order valence-electron chi connectivity index (χ1n) is 10.6. The molecule has 170 valence electrons. The average Bonchev–Trinajstić information content (AvgIpc) is 3.19. The van der Waals surface area contributed by atoms with Crippen molar-refractivity contribution in [3.05, 3.63) is 54.6 Å². The quantitative estimate of drug-likeness (QED) is 0.533. The summed E-state index contributed by atoms with van der Waals surface area (Å²) >= 11 is 3.35. The number of nitrogens with two attached hydrogens (primary N) is 1. The highest BCUT2D eigenvalue weighted by Gasteiger charge is 2.26. The molecule has 9 nitrogen and oxygen atoms in total. The minimum absolute atomic E-state index is 0.0200. The maximum Gasteiger partial charge on any atom is 0.332 e. The van der Waals surface area contributed by atoms with Gasteiger partial charge in [-0.3, -0.25) is 18.5 Å². The molecule has 10 heteroatoms. The molecular weight excluding hydrogens is 486 g/mol. The molecule has 0 aliphatic carbocycles. The molecule has 0 amide bonds. The van der Waals surface area contributed by atoms with Crippen molar-refractivity contribution in [3.63, 3.8) is 0 Å². The van der Waals surface area contributed by atoms with E-state index in [-0.39, 0.29) is 19.1 Å². The zero-order valence-electron chi connectivity index (χ0n) is 18.5. The molecule has 2 N–H and O–H groups in total. The molecule has 0 unspecified atom stereocenters. The van der Waals surface area contributed by atoms with Crippen molar-refractivity contribution in [1.29, 1.82) is 5.26 Å². The number of hydrogen-bond donors (Lipinski definition) is 1. The summed E-state index contributed by atoms with van der Waals surface area (Å²) in [5.41, 5.74) is 6.83. The van der Waals surface area contributed by atoms with Crippen LogP contribution in [0.4, 0.5) is 5.95 Å². The molecule has 1 saturated heterocycles. The molecule has 1 fully saturated rings. The van der Waals surface area contributed by atoms with Gasteiger partial charge in [-0.15, -0.1) is 5.92 Å². The Bertz CT molecular complexity index is 1450. The van der Waals surface area contributed by atoms with Crippen molar-refractivity contribution < 1.29 is 0 Å². The highest BCUT2D eigenvalue weighted by atomic mass is 79.9. The fourth-order valence-electron chi connectivity index (χ4n) is 4.20. The first-order valence-corrected chi connectivity index (χ1v) is 11.4. The Hall–Kier alpha value is -3.34. The number of piperidine rings is 1. The molecule has 1 aromatic carbocycles. The van der Waals surface area contributed by atoms with Crippen LogP contribution in [0.2, 0.25) is 0 Å². The summed E-state index contributed by atoms with van der Waals surface area (Å²) in [5.74, 6) is 6.48. The lowest BCUT2D eigenvalue weighted by Gasteiger charge is -2.31. The van der Waals surface area contributed by atoms with Gasteiger partial charge in [0.25, 0.3) is 5.56 Å². The zero-order valence-corrected chi connectivity index (χ0v) is 20.1. The summed E-state index contributed by atoms with van der Waals surface area (Å²) in [6.45, 7) is 3.37. The number of aromatic nitrogens is 4. The monoisotopic (exact) mass is 509 g/mol. The molecule has 0 bridgehead atoms. The summed E-state index contributed by atoms with van der Waals surface area (Å²) < 4.78 is 5.05. The fourth-order valence-corrected chi connectivity index (χ4v) is 4.56. The van der Waals surface area contributed by atoms with Gasteiger partial charge >= 0.3 is 5.69 Å². The van der Waals surface area contributed by atoms with Gasteiger partial charge in [0, 0.05) is 30.7 Å². The van der Waals surface area contributed by atoms with Gasteiger partial charge in [0.1, 0.15) is 0 Å². The number of nitriles is 1. The Morgan fingerprint density at radius 2 is 2.09 bits per heavy atom. The van der Waals surface area contributed by atoms with Crippen LogP contribution in [0.25, 0.3) is 11.2 Å². The number of fused-ring (bicyclic) bond motifs is 1. The van der Waals surface area contributed by atoms with Crippen LogP contribution in [-0.2, 0) is 20.1 Å². The SMILES string of the molecule is CC#CCn1c(N2CCC[C@@H](N)C2)nc2c1c(=O)n(Cc1ccc(Br)cc1C#N)c(=O)n2C. The molecule has 3 aromatic rings. The maximum atomic E-state index is 13.6. The molecular formula is C23H24BrN7O2. The predicted molar refractivity (Wildman–Crippen MR) is 130 cm³/mol. The van der Waals surface area contributed by atoms with Gasteiger partial charge in [-0.25, -0.2) is 4.79 Å². The van der Waals surface area contributed by atoms with Crippen LogP contribution in [0.1, 0.15) is 30.9 Å². The number of aryl methyl sites for hydroxylation is 1. The van der Waals surface area contributed by atoms with E-state index in [1.165, 1.54) is 4.57 Å². The summed E-state index contributed by atoms with van der Waals surface area (Å²) in [6, 6.07) is 7.33. The van der Waals surface area contributed by atoms with Crippen LogP contribution < -0.4 is 21.9 Å². The summed E-state index contributed by atoms with van der Waals surface area (Å²) in [4.78, 5) is 33.5. The third-order valence-corrected chi connectivity index (χ3v) is 6.38. The standard InChI is InChI=1S/C23H24BrN7O2/c1-3-4-10-30-19-20(27-22(30)29-9-5-6-18(26)14-29)28(2)23(33)31(21(19)32)13-15-7-8-17(24)11-16(15)12-25/h7-8,11,18H,5-6,9-10,13-14,26H2,1-2H3/t18-/m1/s1. The van der Waals surface area contributed by atoms with Gasteiger partial charge < -0.3 is 10.6 Å². The van der Waals surface area contributed by atoms with E-state index in [1.54, 1.807) is 36.7 Å². The minimum atomic E-state index is -0.493. The number of imidazole rings is 1. The largest absolute Gasteiger partial charge is 0.341 e. The number of nitrogens with zero attached hydrogens (tertiary/aromatic N) is 6. The molecule has 1 aliphatic rings. The Morgan fingerprint density at radius 3 is 2.79 bits per heavy atom. The first kappa shape index (κ1) is 22.8. The molecule has 0 spiro atoms. The summed E-state index contributed by atoms with van der Waals surface area (Å²) in [7, 11) is 1.60. The highest BCUT2D eigenvalue weighted by molar-refractivity contribution is 9.10. The van der Waals surface area contributed by atoms with E-state index in [1.807, 2.05) is 0 Å². The van der Waals surface area contributed by atoms with E-state index in [0.717, 1.165) is 28.4 Å². The highest BCUT2D eigenvalue weighted by Crippen LogP contribution is 2.23. The normalized spacial score (nSPS) is 15.8. The van der Waals surface area contributed by atoms with Crippen LogP contribution in [0, 0.1) is 23.2 Å². The van der Waals surface area contributed by atoms with Crippen molar-refractivity contribution in [2.45, 2.75) is 38.9 Å². The third-order valence-electron chi connectivity index (χ3n) is 5.89. The number of rotatable bonds is 4. The Balaban J connectivity index is 1.94. The van der Waals surface area contributed by atoms with Gasteiger partial charge in [0.2, 0.25) is 5.95 Å². The lowest BCUT2D eigenvalue weighted by Crippen LogP contribution is -2.44. The van der Waals surface area contributed by atoms with Gasteiger partial charge in [0.05, 0.1) is 24.7 Å². The van der Waals surface area contributed by atoms with Crippen LogP contribution in [0.3, 0.4) is 0 Å². The van der Waals surface area contributed by atoms with Gasteiger partial charge in [-0.2, -0.15) is 10.2 Å². The zero-order chi connectivity index (χ0) is 23.7. The number of halogens is 1. The van der Waals surface area contributed by atoms with Crippen molar-refractivity contribution in [2.75, 3.05) is 18.0 Å². The summed E-state index contributed by atoms with van der Waals surface area (Å²) in [6.07, 6.45) is 1.86. The topological polar surface area (TPSA) is 115 Å². The summed E-state index contributed by atoms with van der Waals surface area (Å²) in [5, 5.41) is 9.51. The van der Waals surface area contributed by atoms with Crippen LogP contribution in [-0.4, -0.2) is 37.8 Å². The van der Waals surface area contributed by atoms with E-state index >= 15 is 0 Å². The van der Waals surface area contributed by atoms with Crippen molar-refractivity contribution in [2.24, 2.45) is 12.8 Å². The number of hydrogen-bond acceptors (Lipinski definition) is 6. The molecule has 0 radical (unpaired) electrons. The smallest absolute Gasteiger partial charge is 0.332 e. The van der Waals surface area contributed by atoms with Gasteiger partial charge in [-0.1, -0.05) is 27.9 Å². The maximum absolute atomic E-state index is 13.6. The lowest BCUT2D eigenvalue weighted by atomic mass is 10.1. The third kappa shape index (κ3) is 4.20. The molecule has 3 heterocycles. The van der Waals surface area contributed by atoms with Crippen LogP contribution in [0.15, 0.2) is 32.3 Å². The van der Waals surface area contributed by atoms with Crippen LogP contribution in [0.5, 0.6) is 0 Å². The van der Waals surface area contributed by atoms with Crippen molar-refractivity contribution >= 4 is 33.0 Å². The van der Waals surface area contributed by atoms with E-state index in [2.05, 4.69) is 38.7 Å². The van der Waals surface area contributed by atoms with Crippen molar-refractivity contribution in [3.8, 4) is 17.9 Å². The van der Waals surface area contributed by atoms with E-state index < -0.39 is 11.2 Å². The van der Waals surface area contributed by atoms with Crippen LogP contribution >= 0.6 is 15.9 Å². The molecule has 0 saturated carbocycles. The second-order valence-corrected chi connectivity index (χ2v) is 9.01. The fraction of sp³-hybridized carbons (Fsp3) is 0.391. The first-order chi connectivity index (χ1) is 15.8. The molecule has 1 aliphatic heterocycles. The average molecular weight is 510 g/mol. The molecule has 1 atom stereocenters. The number of benzene rings is 1. The number of anilines is 1. The van der Waals surface area contributed by atoms with E-state index in [4.69, 9.17) is 10.7 Å². The van der Waals surface area contributed by atoms with E-state index in [0.29, 0.717) is 34.8 Å². The Labute approximate surface area is 199 Å². The second kappa shape index (κ2) is 9.26. The van der Waals surface area contributed by atoms with Crippen molar-refractivity contribution in [1.82, 2.24) is 18.7 Å². The Kier molecular flexibility index (Phi) is 6.41. The second-order valence-electron chi connectivity index (χ2n) is 8.09.